The number of rotatable bonds is 4. The Morgan fingerprint density at radius 2 is 1.93 bits per heavy atom. The maximum atomic E-state index is 5.22. The lowest BCUT2D eigenvalue weighted by Gasteiger charge is -2.35. The van der Waals surface area contributed by atoms with Crippen LogP contribution in [-0.2, 0) is 4.74 Å². The lowest BCUT2D eigenvalue weighted by Crippen LogP contribution is -2.39. The maximum Gasteiger partial charge on any atom is 0.0667 e. The van der Waals surface area contributed by atoms with Crippen molar-refractivity contribution in [2.24, 2.45) is 5.41 Å². The minimum absolute atomic E-state index is 0.338. The van der Waals surface area contributed by atoms with Gasteiger partial charge in [0.1, 0.15) is 0 Å². The Kier molecular flexibility index (Phi) is 4.39. The van der Waals surface area contributed by atoms with E-state index in [9.17, 15) is 0 Å². The van der Waals surface area contributed by atoms with E-state index in [4.69, 9.17) is 4.74 Å². The molecule has 0 amide bonds. The van der Waals surface area contributed by atoms with E-state index in [1.54, 1.807) is 7.11 Å². The van der Waals surface area contributed by atoms with Crippen LogP contribution in [-0.4, -0.2) is 25.8 Å². The van der Waals surface area contributed by atoms with Crippen LogP contribution in [0.3, 0.4) is 0 Å². The third kappa shape index (κ3) is 3.97. The van der Waals surface area contributed by atoms with Crippen molar-refractivity contribution in [3.63, 3.8) is 0 Å². The molecule has 84 valence electrons. The van der Waals surface area contributed by atoms with E-state index >= 15 is 0 Å². The van der Waals surface area contributed by atoms with Gasteiger partial charge in [-0.3, -0.25) is 0 Å². The Hall–Kier alpha value is -0.0800. The van der Waals surface area contributed by atoms with E-state index in [0.29, 0.717) is 11.5 Å². The SMILES string of the molecule is COC(C)CNC1CCC(C)(C)CC1. The van der Waals surface area contributed by atoms with Crippen molar-refractivity contribution in [1.82, 2.24) is 5.32 Å². The monoisotopic (exact) mass is 199 g/mol. The molecule has 2 heteroatoms. The zero-order valence-electron chi connectivity index (χ0n) is 10.1. The second kappa shape index (κ2) is 5.13. The average molecular weight is 199 g/mol. The first-order valence-electron chi connectivity index (χ1n) is 5.80. The van der Waals surface area contributed by atoms with Crippen LogP contribution in [0.1, 0.15) is 46.5 Å². The summed E-state index contributed by atoms with van der Waals surface area (Å²) in [6.45, 7) is 7.85. The Labute approximate surface area is 88.4 Å². The van der Waals surface area contributed by atoms with Gasteiger partial charge in [-0.05, 0) is 38.0 Å². The lowest BCUT2D eigenvalue weighted by atomic mass is 9.75. The van der Waals surface area contributed by atoms with Crippen LogP contribution >= 0.6 is 0 Å². The van der Waals surface area contributed by atoms with Crippen molar-refractivity contribution in [1.29, 1.82) is 0 Å². The zero-order chi connectivity index (χ0) is 10.6. The van der Waals surface area contributed by atoms with Crippen LogP contribution in [0.25, 0.3) is 0 Å². The first-order chi connectivity index (χ1) is 6.53. The van der Waals surface area contributed by atoms with Crippen LogP contribution in [0.4, 0.5) is 0 Å². The Morgan fingerprint density at radius 1 is 1.36 bits per heavy atom. The quantitative estimate of drug-likeness (QED) is 0.751. The molecule has 1 atom stereocenters. The van der Waals surface area contributed by atoms with Gasteiger partial charge in [0.15, 0.2) is 0 Å². The fourth-order valence-corrected chi connectivity index (χ4v) is 2.02. The van der Waals surface area contributed by atoms with E-state index in [-0.39, 0.29) is 0 Å². The average Bonchev–Trinajstić information content (AvgIpc) is 2.16. The molecule has 1 unspecified atom stereocenters. The highest BCUT2D eigenvalue weighted by molar-refractivity contribution is 4.82. The van der Waals surface area contributed by atoms with Crippen molar-refractivity contribution in [3.8, 4) is 0 Å². The number of ether oxygens (including phenoxy) is 1. The van der Waals surface area contributed by atoms with E-state index in [1.807, 2.05) is 0 Å². The third-order valence-electron chi connectivity index (χ3n) is 3.44. The zero-order valence-corrected chi connectivity index (χ0v) is 10.1. The first kappa shape index (κ1) is 12.0. The molecule has 0 spiro atoms. The molecule has 1 aliphatic carbocycles. The van der Waals surface area contributed by atoms with Crippen molar-refractivity contribution < 1.29 is 4.74 Å². The highest BCUT2D eigenvalue weighted by atomic mass is 16.5. The van der Waals surface area contributed by atoms with Crippen molar-refractivity contribution in [3.05, 3.63) is 0 Å². The van der Waals surface area contributed by atoms with Crippen LogP contribution < -0.4 is 5.32 Å². The molecule has 1 saturated carbocycles. The predicted molar refractivity (Wildman–Crippen MR) is 60.5 cm³/mol. The van der Waals surface area contributed by atoms with Gasteiger partial charge in [-0.25, -0.2) is 0 Å². The smallest absolute Gasteiger partial charge is 0.0667 e. The fraction of sp³-hybridized carbons (Fsp3) is 1.00. The van der Waals surface area contributed by atoms with E-state index in [2.05, 4.69) is 26.1 Å². The Morgan fingerprint density at radius 3 is 2.43 bits per heavy atom. The molecule has 1 N–H and O–H groups in total. The summed E-state index contributed by atoms with van der Waals surface area (Å²) in [5, 5.41) is 3.59. The highest BCUT2D eigenvalue weighted by Crippen LogP contribution is 2.34. The normalized spacial score (nSPS) is 24.9. The molecular weight excluding hydrogens is 174 g/mol. The summed E-state index contributed by atoms with van der Waals surface area (Å²) in [5.41, 5.74) is 0.574. The molecule has 0 bridgehead atoms. The number of hydrogen-bond donors (Lipinski definition) is 1. The van der Waals surface area contributed by atoms with Gasteiger partial charge in [-0.2, -0.15) is 0 Å². The van der Waals surface area contributed by atoms with Crippen LogP contribution in [0.2, 0.25) is 0 Å². The second-order valence-corrected chi connectivity index (χ2v) is 5.39. The predicted octanol–water partition coefficient (Wildman–Crippen LogP) is 2.58. The highest BCUT2D eigenvalue weighted by Gasteiger charge is 2.26. The van der Waals surface area contributed by atoms with Gasteiger partial charge in [-0.1, -0.05) is 13.8 Å². The molecule has 0 heterocycles. The summed E-state index contributed by atoms with van der Waals surface area (Å²) < 4.78 is 5.22. The van der Waals surface area contributed by atoms with Gasteiger partial charge in [-0.15, -0.1) is 0 Å². The molecule has 2 nitrogen and oxygen atoms in total. The van der Waals surface area contributed by atoms with Gasteiger partial charge in [0, 0.05) is 19.7 Å². The summed E-state index contributed by atoms with van der Waals surface area (Å²) >= 11 is 0. The minimum Gasteiger partial charge on any atom is -0.380 e. The summed E-state index contributed by atoms with van der Waals surface area (Å²) in [6, 6.07) is 0.723. The molecule has 0 radical (unpaired) electrons. The van der Waals surface area contributed by atoms with Gasteiger partial charge in [0.2, 0.25) is 0 Å². The summed E-state index contributed by atoms with van der Waals surface area (Å²) in [4.78, 5) is 0. The number of hydrogen-bond acceptors (Lipinski definition) is 2. The fourth-order valence-electron chi connectivity index (χ4n) is 2.02. The largest absolute Gasteiger partial charge is 0.380 e. The molecule has 0 aromatic carbocycles. The Bertz CT molecular complexity index is 158. The minimum atomic E-state index is 0.338. The van der Waals surface area contributed by atoms with Crippen LogP contribution in [0.5, 0.6) is 0 Å². The lowest BCUT2D eigenvalue weighted by molar-refractivity contribution is 0.108. The summed E-state index contributed by atoms with van der Waals surface area (Å²) in [7, 11) is 1.77. The molecule has 1 rings (SSSR count). The molecule has 1 aliphatic rings. The molecular formula is C12H25NO. The van der Waals surface area contributed by atoms with Crippen LogP contribution in [0.15, 0.2) is 0 Å². The maximum absolute atomic E-state index is 5.22. The topological polar surface area (TPSA) is 21.3 Å². The van der Waals surface area contributed by atoms with Gasteiger partial charge >= 0.3 is 0 Å². The first-order valence-corrected chi connectivity index (χ1v) is 5.80. The van der Waals surface area contributed by atoms with E-state index in [0.717, 1.165) is 12.6 Å². The van der Waals surface area contributed by atoms with Crippen LogP contribution in [0, 0.1) is 5.41 Å². The molecule has 0 aliphatic heterocycles. The summed E-state index contributed by atoms with van der Waals surface area (Å²) in [6.07, 6.45) is 5.69. The third-order valence-corrected chi connectivity index (χ3v) is 3.44. The van der Waals surface area contributed by atoms with Crippen molar-refractivity contribution in [2.45, 2.75) is 58.6 Å². The number of methoxy groups -OCH3 is 1. The van der Waals surface area contributed by atoms with E-state index in [1.165, 1.54) is 25.7 Å². The second-order valence-electron chi connectivity index (χ2n) is 5.39. The number of nitrogens with one attached hydrogen (secondary N) is 1. The molecule has 14 heavy (non-hydrogen) atoms. The molecule has 1 fully saturated rings. The van der Waals surface area contributed by atoms with Crippen molar-refractivity contribution >= 4 is 0 Å². The van der Waals surface area contributed by atoms with Gasteiger partial charge < -0.3 is 10.1 Å². The van der Waals surface area contributed by atoms with Gasteiger partial charge in [0.25, 0.3) is 0 Å². The molecule has 0 aromatic heterocycles. The molecule has 0 aromatic rings. The summed E-state index contributed by atoms with van der Waals surface area (Å²) in [5.74, 6) is 0. The molecule has 0 saturated heterocycles. The standard InChI is InChI=1S/C12H25NO/c1-10(14-4)9-13-11-5-7-12(2,3)8-6-11/h10-11,13H,5-9H2,1-4H3. The Balaban J connectivity index is 2.16. The van der Waals surface area contributed by atoms with Crippen molar-refractivity contribution in [2.75, 3.05) is 13.7 Å². The van der Waals surface area contributed by atoms with Gasteiger partial charge in [0.05, 0.1) is 6.10 Å². The van der Waals surface area contributed by atoms with E-state index < -0.39 is 0 Å².